The minimum atomic E-state index is -1.33. The van der Waals surface area contributed by atoms with Gasteiger partial charge in [-0.25, -0.2) is 0 Å². The zero-order chi connectivity index (χ0) is 13.1. The first kappa shape index (κ1) is 12.9. The van der Waals surface area contributed by atoms with E-state index in [0.29, 0.717) is 0 Å². The molecular formula is C12H13NO4. The van der Waals surface area contributed by atoms with Crippen molar-refractivity contribution in [1.82, 2.24) is 0 Å². The zero-order valence-corrected chi connectivity index (χ0v) is 9.42. The zero-order valence-electron chi connectivity index (χ0n) is 9.42. The molecule has 0 amide bonds. The molecule has 1 aromatic rings. The fraction of sp³-hybridized carbons (Fsp3) is 0.250. The minimum Gasteiger partial charge on any atom is -0.481 e. The standard InChI is InChI=1S/C12H13NO4/c1-3-8-12(2,11(14)15)9-6-4-5-7-10(9)13(16)17/h3-7H,1,8H2,2H3,(H,14,15). The van der Waals surface area contributed by atoms with Crippen LogP contribution in [0.15, 0.2) is 36.9 Å². The van der Waals surface area contributed by atoms with Gasteiger partial charge in [0.25, 0.3) is 5.69 Å². The lowest BCUT2D eigenvalue weighted by molar-refractivity contribution is -0.386. The van der Waals surface area contributed by atoms with Gasteiger partial charge in [-0.05, 0) is 13.3 Å². The van der Waals surface area contributed by atoms with Crippen LogP contribution in [0.1, 0.15) is 18.9 Å². The lowest BCUT2D eigenvalue weighted by Gasteiger charge is -2.23. The molecule has 5 heteroatoms. The van der Waals surface area contributed by atoms with E-state index in [2.05, 4.69) is 6.58 Å². The third-order valence-corrected chi connectivity index (χ3v) is 2.72. The van der Waals surface area contributed by atoms with Gasteiger partial charge in [-0.1, -0.05) is 24.3 Å². The van der Waals surface area contributed by atoms with Gasteiger partial charge in [-0.2, -0.15) is 0 Å². The van der Waals surface area contributed by atoms with Gasteiger partial charge in [-0.3, -0.25) is 14.9 Å². The molecule has 1 atom stereocenters. The van der Waals surface area contributed by atoms with Gasteiger partial charge in [0.05, 0.1) is 10.3 Å². The first-order chi connectivity index (χ1) is 7.93. The number of carbonyl (C=O) groups is 1. The van der Waals surface area contributed by atoms with Crippen LogP contribution in [0.5, 0.6) is 0 Å². The van der Waals surface area contributed by atoms with E-state index in [1.807, 2.05) is 0 Å². The highest BCUT2D eigenvalue weighted by atomic mass is 16.6. The van der Waals surface area contributed by atoms with Gasteiger partial charge < -0.3 is 5.11 Å². The number of nitro benzene ring substituents is 1. The molecule has 1 N–H and O–H groups in total. The molecule has 0 fully saturated rings. The van der Waals surface area contributed by atoms with E-state index >= 15 is 0 Å². The molecule has 5 nitrogen and oxygen atoms in total. The third kappa shape index (κ3) is 2.33. The van der Waals surface area contributed by atoms with E-state index in [1.54, 1.807) is 6.07 Å². The van der Waals surface area contributed by atoms with Gasteiger partial charge in [0.2, 0.25) is 0 Å². The summed E-state index contributed by atoms with van der Waals surface area (Å²) in [6, 6.07) is 5.87. The first-order valence-electron chi connectivity index (χ1n) is 5.01. The number of aliphatic carboxylic acids is 1. The van der Waals surface area contributed by atoms with Gasteiger partial charge in [0, 0.05) is 11.6 Å². The summed E-state index contributed by atoms with van der Waals surface area (Å²) in [5.41, 5.74) is -1.32. The van der Waals surface area contributed by atoms with E-state index in [-0.39, 0.29) is 17.7 Å². The molecule has 17 heavy (non-hydrogen) atoms. The maximum Gasteiger partial charge on any atom is 0.314 e. The van der Waals surface area contributed by atoms with Gasteiger partial charge in [-0.15, -0.1) is 6.58 Å². The predicted molar refractivity (Wildman–Crippen MR) is 62.9 cm³/mol. The summed E-state index contributed by atoms with van der Waals surface area (Å²) >= 11 is 0. The Morgan fingerprint density at radius 2 is 2.18 bits per heavy atom. The molecule has 0 aliphatic rings. The Morgan fingerprint density at radius 3 is 2.65 bits per heavy atom. The smallest absolute Gasteiger partial charge is 0.314 e. The van der Waals surface area contributed by atoms with Crippen LogP contribution in [0.4, 0.5) is 5.69 Å². The Morgan fingerprint density at radius 1 is 1.59 bits per heavy atom. The summed E-state index contributed by atoms with van der Waals surface area (Å²) < 4.78 is 0. The van der Waals surface area contributed by atoms with Crippen molar-refractivity contribution in [2.75, 3.05) is 0 Å². The normalized spacial score (nSPS) is 13.7. The predicted octanol–water partition coefficient (Wildman–Crippen LogP) is 2.51. The SMILES string of the molecule is C=CCC(C)(C(=O)O)c1ccccc1[N+](=O)[O-]. The molecule has 0 bridgehead atoms. The maximum absolute atomic E-state index is 11.3. The Balaban J connectivity index is 3.43. The average molecular weight is 235 g/mol. The number of carboxylic acid groups (broad SMARTS) is 1. The fourth-order valence-electron chi connectivity index (χ4n) is 1.70. The van der Waals surface area contributed by atoms with Crippen molar-refractivity contribution in [3.05, 3.63) is 52.6 Å². The molecule has 1 unspecified atom stereocenters. The summed E-state index contributed by atoms with van der Waals surface area (Å²) in [4.78, 5) is 21.6. The molecule has 0 aliphatic carbocycles. The third-order valence-electron chi connectivity index (χ3n) is 2.72. The lowest BCUT2D eigenvalue weighted by Crippen LogP contribution is -2.32. The Hall–Kier alpha value is -2.17. The quantitative estimate of drug-likeness (QED) is 0.483. The lowest BCUT2D eigenvalue weighted by atomic mass is 9.78. The second-order valence-electron chi connectivity index (χ2n) is 3.90. The highest BCUT2D eigenvalue weighted by Gasteiger charge is 2.38. The van der Waals surface area contributed by atoms with E-state index < -0.39 is 16.3 Å². The molecule has 0 heterocycles. The average Bonchev–Trinajstić information content (AvgIpc) is 2.29. The Labute approximate surface area is 98.5 Å². The van der Waals surface area contributed by atoms with E-state index in [1.165, 1.54) is 31.2 Å². The molecule has 0 spiro atoms. The van der Waals surface area contributed by atoms with Crippen LogP contribution in [0.2, 0.25) is 0 Å². The van der Waals surface area contributed by atoms with Crippen molar-refractivity contribution in [2.24, 2.45) is 0 Å². The molecular weight excluding hydrogens is 222 g/mol. The minimum absolute atomic E-state index is 0.132. The van der Waals surface area contributed by atoms with Crippen LogP contribution in [0.25, 0.3) is 0 Å². The number of carboxylic acids is 1. The van der Waals surface area contributed by atoms with Crippen LogP contribution >= 0.6 is 0 Å². The summed E-state index contributed by atoms with van der Waals surface area (Å²) in [5.74, 6) is -1.10. The van der Waals surface area contributed by atoms with Crippen LogP contribution in [-0.4, -0.2) is 16.0 Å². The van der Waals surface area contributed by atoms with Crippen molar-refractivity contribution in [2.45, 2.75) is 18.8 Å². The fourth-order valence-corrected chi connectivity index (χ4v) is 1.70. The van der Waals surface area contributed by atoms with Gasteiger partial charge >= 0.3 is 5.97 Å². The van der Waals surface area contributed by atoms with Crippen LogP contribution in [-0.2, 0) is 10.2 Å². The number of nitrogens with zero attached hydrogens (tertiary/aromatic N) is 1. The number of hydrogen-bond donors (Lipinski definition) is 1. The molecule has 90 valence electrons. The van der Waals surface area contributed by atoms with Crippen molar-refractivity contribution in [3.8, 4) is 0 Å². The second-order valence-corrected chi connectivity index (χ2v) is 3.90. The molecule has 0 saturated heterocycles. The molecule has 1 aromatic carbocycles. The second kappa shape index (κ2) is 4.78. The van der Waals surface area contributed by atoms with Gasteiger partial charge in [0.15, 0.2) is 0 Å². The van der Waals surface area contributed by atoms with Gasteiger partial charge in [0.1, 0.15) is 0 Å². The molecule has 0 radical (unpaired) electrons. The number of para-hydroxylation sites is 1. The van der Waals surface area contributed by atoms with Crippen LogP contribution in [0.3, 0.4) is 0 Å². The van der Waals surface area contributed by atoms with Crippen molar-refractivity contribution < 1.29 is 14.8 Å². The maximum atomic E-state index is 11.3. The number of hydrogen-bond acceptors (Lipinski definition) is 3. The molecule has 0 saturated carbocycles. The Kier molecular flexibility index (Phi) is 3.62. The molecule has 0 aromatic heterocycles. The summed E-state index contributed by atoms with van der Waals surface area (Å²) in [5, 5.41) is 20.1. The van der Waals surface area contributed by atoms with Crippen LogP contribution < -0.4 is 0 Å². The van der Waals surface area contributed by atoms with Crippen molar-refractivity contribution in [3.63, 3.8) is 0 Å². The number of benzene rings is 1. The number of allylic oxidation sites excluding steroid dienone is 1. The monoisotopic (exact) mass is 235 g/mol. The number of rotatable bonds is 5. The summed E-state index contributed by atoms with van der Waals surface area (Å²) in [6.45, 7) is 4.95. The van der Waals surface area contributed by atoms with E-state index in [4.69, 9.17) is 0 Å². The molecule has 1 rings (SSSR count). The Bertz CT molecular complexity index is 469. The van der Waals surface area contributed by atoms with Crippen molar-refractivity contribution in [1.29, 1.82) is 0 Å². The van der Waals surface area contributed by atoms with E-state index in [0.717, 1.165) is 0 Å². The number of nitro groups is 1. The largest absolute Gasteiger partial charge is 0.481 e. The molecule has 0 aliphatic heterocycles. The highest BCUT2D eigenvalue weighted by molar-refractivity contribution is 5.82. The summed E-state index contributed by atoms with van der Waals surface area (Å²) in [6.07, 6.45) is 1.58. The first-order valence-corrected chi connectivity index (χ1v) is 5.01. The van der Waals surface area contributed by atoms with Crippen LogP contribution in [0, 0.1) is 10.1 Å². The topological polar surface area (TPSA) is 80.4 Å². The summed E-state index contributed by atoms with van der Waals surface area (Å²) in [7, 11) is 0. The van der Waals surface area contributed by atoms with Crippen molar-refractivity contribution >= 4 is 11.7 Å². The van der Waals surface area contributed by atoms with E-state index in [9.17, 15) is 20.0 Å². The highest BCUT2D eigenvalue weighted by Crippen LogP contribution is 2.34.